The van der Waals surface area contributed by atoms with Crippen LogP contribution >= 0.6 is 0 Å². The monoisotopic (exact) mass is 492 g/mol. The van der Waals surface area contributed by atoms with Gasteiger partial charge in [-0.05, 0) is 68.1 Å². The van der Waals surface area contributed by atoms with Crippen LogP contribution in [0.2, 0.25) is 0 Å². The van der Waals surface area contributed by atoms with Gasteiger partial charge in [0.2, 0.25) is 0 Å². The predicted molar refractivity (Wildman–Crippen MR) is 138 cm³/mol. The summed E-state index contributed by atoms with van der Waals surface area (Å²) in [5.41, 5.74) is 5.09. The number of hydroxylamine groups is 1. The first-order valence-corrected chi connectivity index (χ1v) is 12.5. The van der Waals surface area contributed by atoms with Crippen molar-refractivity contribution < 1.29 is 19.8 Å². The number of rotatable bonds is 14. The first-order valence-electron chi connectivity index (χ1n) is 12.5. The quantitative estimate of drug-likeness (QED) is 0.174. The number of nitrogens with zero attached hydrogens (tertiary/aromatic N) is 3. The average molecular weight is 493 g/mol. The molecule has 0 fully saturated rings. The van der Waals surface area contributed by atoms with Crippen LogP contribution in [-0.2, 0) is 0 Å². The number of carbonyl (C=O) groups excluding carboxylic acids is 1. The number of carbonyl (C=O) groups is 1. The van der Waals surface area contributed by atoms with Crippen LogP contribution in [0.4, 0.5) is 0 Å². The molecule has 1 amide bonds. The lowest BCUT2D eigenvalue weighted by Crippen LogP contribution is -2.27. The molecule has 36 heavy (non-hydrogen) atoms. The Hall–Kier alpha value is -3.33. The fourth-order valence-electron chi connectivity index (χ4n) is 4.16. The summed E-state index contributed by atoms with van der Waals surface area (Å²) >= 11 is 0. The second-order valence-corrected chi connectivity index (χ2v) is 8.70. The number of aromatic nitrogens is 2. The van der Waals surface area contributed by atoms with E-state index in [1.165, 1.54) is 0 Å². The molecule has 0 aliphatic carbocycles. The Labute approximate surface area is 212 Å². The van der Waals surface area contributed by atoms with Crippen molar-refractivity contribution in [1.29, 1.82) is 0 Å². The number of ether oxygens (including phenoxy) is 1. The number of amides is 1. The van der Waals surface area contributed by atoms with Gasteiger partial charge in [-0.3, -0.25) is 14.8 Å². The summed E-state index contributed by atoms with van der Waals surface area (Å²) in [6.07, 6.45) is 6.72. The normalized spacial score (nSPS) is 12.7. The lowest BCUT2D eigenvalue weighted by atomic mass is 9.90. The molecule has 2 atom stereocenters. The highest BCUT2D eigenvalue weighted by atomic mass is 16.5. The number of aliphatic hydroxyl groups is 1. The molecular formula is C28H36N4O4. The van der Waals surface area contributed by atoms with Gasteiger partial charge in [0.15, 0.2) is 0 Å². The largest absolute Gasteiger partial charge is 0.492 e. The van der Waals surface area contributed by atoms with Crippen LogP contribution in [-0.4, -0.2) is 57.5 Å². The number of hydrogen-bond acceptors (Lipinski definition) is 7. The van der Waals surface area contributed by atoms with Crippen molar-refractivity contribution in [2.24, 2.45) is 0 Å². The average Bonchev–Trinajstić information content (AvgIpc) is 2.92. The van der Waals surface area contributed by atoms with E-state index in [0.717, 1.165) is 48.4 Å². The Morgan fingerprint density at radius 2 is 1.75 bits per heavy atom. The van der Waals surface area contributed by atoms with E-state index in [1.807, 2.05) is 74.0 Å². The molecule has 2 heterocycles. The molecule has 192 valence electrons. The summed E-state index contributed by atoms with van der Waals surface area (Å²) in [7, 11) is 1.81. The van der Waals surface area contributed by atoms with Crippen molar-refractivity contribution in [2.75, 3.05) is 20.2 Å². The maximum Gasteiger partial charge on any atom is 0.253 e. The van der Waals surface area contributed by atoms with E-state index < -0.39 is 6.23 Å². The van der Waals surface area contributed by atoms with Crippen molar-refractivity contribution >= 4 is 5.91 Å². The molecular weight excluding hydrogens is 456 g/mol. The third-order valence-electron chi connectivity index (χ3n) is 6.06. The summed E-state index contributed by atoms with van der Waals surface area (Å²) in [5.74, 6) is 0.469. The third kappa shape index (κ3) is 7.58. The van der Waals surface area contributed by atoms with Gasteiger partial charge in [0.25, 0.3) is 5.91 Å². The summed E-state index contributed by atoms with van der Waals surface area (Å²) < 4.78 is 5.86. The Morgan fingerprint density at radius 3 is 2.44 bits per heavy atom. The standard InChI is InChI=1S/C28H36N4O4/c1-3-36-24-12-10-19-30-27(24)26(23-11-7-8-18-29-23)21-14-16-22(17-15-21)28(34)32(2)20-9-5-4-6-13-25(33)31-35/h7-8,10-12,14-19,25-26,31,33,35H,3-6,9,13,20H2,1-2H3. The highest BCUT2D eigenvalue weighted by molar-refractivity contribution is 5.94. The van der Waals surface area contributed by atoms with Gasteiger partial charge in [0.05, 0.1) is 23.9 Å². The summed E-state index contributed by atoms with van der Waals surface area (Å²) in [4.78, 5) is 23.9. The molecule has 2 unspecified atom stereocenters. The Kier molecular flexibility index (Phi) is 10.8. The van der Waals surface area contributed by atoms with E-state index in [0.29, 0.717) is 25.1 Å². The van der Waals surface area contributed by atoms with E-state index in [4.69, 9.17) is 9.94 Å². The Morgan fingerprint density at radius 1 is 1.00 bits per heavy atom. The van der Waals surface area contributed by atoms with E-state index in [-0.39, 0.29) is 11.8 Å². The van der Waals surface area contributed by atoms with Crippen LogP contribution in [0.3, 0.4) is 0 Å². The van der Waals surface area contributed by atoms with Gasteiger partial charge in [0, 0.05) is 31.5 Å². The molecule has 2 aromatic heterocycles. The van der Waals surface area contributed by atoms with Gasteiger partial charge < -0.3 is 20.0 Å². The van der Waals surface area contributed by atoms with Crippen molar-refractivity contribution in [2.45, 2.75) is 51.2 Å². The molecule has 1 aromatic carbocycles. The molecule has 0 aliphatic heterocycles. The Balaban J connectivity index is 1.69. The zero-order chi connectivity index (χ0) is 25.8. The van der Waals surface area contributed by atoms with Gasteiger partial charge in [-0.2, -0.15) is 5.48 Å². The fraction of sp³-hybridized carbons (Fsp3) is 0.393. The SMILES string of the molecule is CCOc1cccnc1C(c1ccc(C(=O)N(C)CCCCCCC(O)NO)cc1)c1ccccn1. The maximum atomic E-state index is 13.0. The maximum absolute atomic E-state index is 13.0. The van der Waals surface area contributed by atoms with Crippen LogP contribution in [0.1, 0.15) is 72.3 Å². The minimum Gasteiger partial charge on any atom is -0.492 e. The summed E-state index contributed by atoms with van der Waals surface area (Å²) in [6, 6.07) is 17.2. The highest BCUT2D eigenvalue weighted by Crippen LogP contribution is 2.35. The molecule has 0 bridgehead atoms. The smallest absolute Gasteiger partial charge is 0.253 e. The second-order valence-electron chi connectivity index (χ2n) is 8.70. The van der Waals surface area contributed by atoms with Gasteiger partial charge in [-0.15, -0.1) is 0 Å². The van der Waals surface area contributed by atoms with Crippen LogP contribution in [0.15, 0.2) is 67.0 Å². The Bertz CT molecular complexity index is 1060. The van der Waals surface area contributed by atoms with Crippen molar-refractivity contribution in [3.8, 4) is 5.75 Å². The fourth-order valence-corrected chi connectivity index (χ4v) is 4.16. The van der Waals surface area contributed by atoms with Crippen molar-refractivity contribution in [3.63, 3.8) is 0 Å². The summed E-state index contributed by atoms with van der Waals surface area (Å²) in [6.45, 7) is 3.14. The van der Waals surface area contributed by atoms with Crippen LogP contribution in [0.5, 0.6) is 5.75 Å². The van der Waals surface area contributed by atoms with Gasteiger partial charge >= 0.3 is 0 Å². The van der Waals surface area contributed by atoms with Crippen LogP contribution in [0.25, 0.3) is 0 Å². The number of benzene rings is 1. The van der Waals surface area contributed by atoms with E-state index >= 15 is 0 Å². The highest BCUT2D eigenvalue weighted by Gasteiger charge is 2.24. The van der Waals surface area contributed by atoms with Gasteiger partial charge in [-0.25, -0.2) is 0 Å². The molecule has 0 spiro atoms. The van der Waals surface area contributed by atoms with E-state index in [1.54, 1.807) is 17.3 Å². The van der Waals surface area contributed by atoms with E-state index in [9.17, 15) is 9.90 Å². The number of hydrogen-bond donors (Lipinski definition) is 3. The molecule has 3 rings (SSSR count). The van der Waals surface area contributed by atoms with Crippen molar-refractivity contribution in [1.82, 2.24) is 20.3 Å². The minimum atomic E-state index is -0.877. The van der Waals surface area contributed by atoms with Crippen LogP contribution < -0.4 is 10.2 Å². The molecule has 0 aliphatic rings. The molecule has 3 N–H and O–H groups in total. The molecule has 3 aromatic rings. The predicted octanol–water partition coefficient (Wildman–Crippen LogP) is 4.38. The molecule has 8 heteroatoms. The lowest BCUT2D eigenvalue weighted by molar-refractivity contribution is -0.00394. The van der Waals surface area contributed by atoms with Crippen molar-refractivity contribution in [3.05, 3.63) is 89.5 Å². The molecule has 0 saturated carbocycles. The first-order chi connectivity index (χ1) is 17.5. The lowest BCUT2D eigenvalue weighted by Gasteiger charge is -2.21. The zero-order valence-electron chi connectivity index (χ0n) is 21.0. The molecule has 8 nitrogen and oxygen atoms in total. The molecule has 0 saturated heterocycles. The number of nitrogens with one attached hydrogen (secondary N) is 1. The zero-order valence-corrected chi connectivity index (χ0v) is 21.0. The summed E-state index contributed by atoms with van der Waals surface area (Å²) in [5, 5.41) is 17.9. The number of unbranched alkanes of at least 4 members (excludes halogenated alkanes) is 3. The first kappa shape index (κ1) is 27.3. The molecule has 0 radical (unpaired) electrons. The van der Waals surface area contributed by atoms with E-state index in [2.05, 4.69) is 9.97 Å². The minimum absolute atomic E-state index is 0.0244. The topological polar surface area (TPSA) is 108 Å². The second kappa shape index (κ2) is 14.3. The number of pyridine rings is 2. The third-order valence-corrected chi connectivity index (χ3v) is 6.06. The van der Waals surface area contributed by atoms with Gasteiger partial charge in [0.1, 0.15) is 12.0 Å². The van der Waals surface area contributed by atoms with Crippen LogP contribution in [0, 0.1) is 0 Å². The van der Waals surface area contributed by atoms with Gasteiger partial charge in [-0.1, -0.05) is 31.0 Å². The number of aliphatic hydroxyl groups excluding tert-OH is 1.